The third-order valence-corrected chi connectivity index (χ3v) is 4.46. The summed E-state index contributed by atoms with van der Waals surface area (Å²) >= 11 is 0. The fraction of sp³-hybridized carbons (Fsp3) is 0. The van der Waals surface area contributed by atoms with E-state index in [0.29, 0.717) is 10.8 Å². The number of nitrogens with zero attached hydrogens (tertiary/aromatic N) is 1. The van der Waals surface area contributed by atoms with Gasteiger partial charge in [-0.3, -0.25) is 4.79 Å². The van der Waals surface area contributed by atoms with Crippen LogP contribution in [0.2, 0.25) is 0 Å². The number of aromatic nitrogens is 1. The van der Waals surface area contributed by atoms with Crippen molar-refractivity contribution >= 4 is 43.4 Å². The van der Waals surface area contributed by atoms with Crippen molar-refractivity contribution in [3.63, 3.8) is 0 Å². The van der Waals surface area contributed by atoms with Gasteiger partial charge < -0.3 is 4.98 Å². The molecule has 0 aliphatic carbocycles. The van der Waals surface area contributed by atoms with E-state index in [1.54, 1.807) is 0 Å². The average molecular weight is 383 g/mol. The Labute approximate surface area is 163 Å². The second kappa shape index (κ2) is 5.80. The summed E-state index contributed by atoms with van der Waals surface area (Å²) in [6, 6.07) is 24.0. The Hall–Kier alpha value is -2.03. The molecule has 0 amide bonds. The first kappa shape index (κ1) is 15.5. The summed E-state index contributed by atoms with van der Waals surface area (Å²) in [6.07, 6.45) is 0. The molecule has 0 atom stereocenters. The van der Waals surface area contributed by atoms with Crippen molar-refractivity contribution < 1.29 is 32.7 Å². The van der Waals surface area contributed by atoms with E-state index in [1.165, 1.54) is 0 Å². The van der Waals surface area contributed by atoms with Crippen LogP contribution in [0.25, 0.3) is 43.4 Å². The van der Waals surface area contributed by atoms with Crippen LogP contribution in [0.15, 0.2) is 77.6 Å². The fourth-order valence-electron chi connectivity index (χ4n) is 3.28. The molecule has 0 saturated heterocycles. The normalized spacial score (nSPS) is 11.2. The average Bonchev–Trinajstić information content (AvgIpc) is 2.59. The van der Waals surface area contributed by atoms with Gasteiger partial charge in [-0.05, 0) is 33.7 Å². The Bertz CT molecular complexity index is 1190. The largest absolute Gasteiger partial charge is 0.657 e. The minimum Gasteiger partial charge on any atom is -0.657 e. The molecular weight excluding hydrogens is 371 g/mol. The Morgan fingerprint density at radius 1 is 0.583 bits per heavy atom. The van der Waals surface area contributed by atoms with E-state index >= 15 is 0 Å². The maximum atomic E-state index is 12.9. The number of hydrogen-bond acceptors (Lipinski definition) is 1. The molecule has 111 valence electrons. The molecule has 5 aromatic rings. The molecule has 0 bridgehead atoms. The zero-order valence-electron chi connectivity index (χ0n) is 12.9. The van der Waals surface area contributed by atoms with Crippen LogP contribution in [0.5, 0.6) is 0 Å². The molecule has 0 unspecified atom stereocenters. The zero-order chi connectivity index (χ0) is 15.4. The van der Waals surface area contributed by atoms with Crippen LogP contribution in [-0.2, 0) is 32.7 Å². The molecule has 0 N–H and O–H groups in total. The van der Waals surface area contributed by atoms with Crippen molar-refractivity contribution in [1.29, 1.82) is 0 Å². The van der Waals surface area contributed by atoms with Crippen LogP contribution in [0.1, 0.15) is 0 Å². The van der Waals surface area contributed by atoms with E-state index in [-0.39, 0.29) is 38.1 Å². The van der Waals surface area contributed by atoms with Gasteiger partial charge in [-0.2, -0.15) is 0 Å². The SMILES string of the molecule is O=c1c2cc3ccccc3cc2[n-]c2cc3ccccc3cc12.[Y]. The van der Waals surface area contributed by atoms with Gasteiger partial charge in [0, 0.05) is 43.5 Å². The third-order valence-electron chi connectivity index (χ3n) is 4.46. The number of rotatable bonds is 0. The van der Waals surface area contributed by atoms with Gasteiger partial charge in [0.25, 0.3) is 0 Å². The van der Waals surface area contributed by atoms with Crippen LogP contribution in [0.3, 0.4) is 0 Å². The van der Waals surface area contributed by atoms with Crippen LogP contribution in [0.4, 0.5) is 0 Å². The molecule has 0 spiro atoms. The summed E-state index contributed by atoms with van der Waals surface area (Å²) in [5.74, 6) is 0. The first-order valence-electron chi connectivity index (χ1n) is 7.62. The molecule has 1 aromatic heterocycles. The van der Waals surface area contributed by atoms with Crippen molar-refractivity contribution in [2.45, 2.75) is 0 Å². The molecule has 0 aliphatic rings. The monoisotopic (exact) mass is 383 g/mol. The molecule has 0 aliphatic heterocycles. The van der Waals surface area contributed by atoms with Crippen LogP contribution in [0, 0.1) is 0 Å². The van der Waals surface area contributed by atoms with E-state index < -0.39 is 0 Å². The van der Waals surface area contributed by atoms with E-state index in [1.807, 2.05) is 72.8 Å². The Morgan fingerprint density at radius 3 is 1.38 bits per heavy atom. The molecular formula is C21H12NOY-. The van der Waals surface area contributed by atoms with E-state index in [0.717, 1.165) is 32.6 Å². The molecule has 1 radical (unpaired) electrons. The summed E-state index contributed by atoms with van der Waals surface area (Å²) in [4.78, 5) is 17.7. The van der Waals surface area contributed by atoms with Crippen molar-refractivity contribution in [3.05, 3.63) is 83.0 Å². The molecule has 1 heterocycles. The number of benzene rings is 4. The standard InChI is InChI=1S/C21H13NO.Y/c23-21-17-9-13-5-1-3-7-15(13)11-19(17)22-20-12-16-8-4-2-6-14(16)10-18(20)21;/h1-12H,(H,22,23);/p-1. The summed E-state index contributed by atoms with van der Waals surface area (Å²) in [7, 11) is 0. The van der Waals surface area contributed by atoms with Crippen molar-refractivity contribution in [2.75, 3.05) is 0 Å². The predicted molar refractivity (Wildman–Crippen MR) is 96.1 cm³/mol. The van der Waals surface area contributed by atoms with Gasteiger partial charge in [-0.15, -0.1) is 11.0 Å². The molecule has 0 saturated carbocycles. The van der Waals surface area contributed by atoms with Gasteiger partial charge in [0.1, 0.15) is 0 Å². The molecule has 3 heteroatoms. The molecule has 24 heavy (non-hydrogen) atoms. The van der Waals surface area contributed by atoms with Gasteiger partial charge in [0.15, 0.2) is 5.43 Å². The van der Waals surface area contributed by atoms with E-state index in [4.69, 9.17) is 4.98 Å². The molecule has 0 fully saturated rings. The van der Waals surface area contributed by atoms with E-state index in [9.17, 15) is 4.79 Å². The first-order valence-corrected chi connectivity index (χ1v) is 7.62. The van der Waals surface area contributed by atoms with Gasteiger partial charge in [0.2, 0.25) is 0 Å². The van der Waals surface area contributed by atoms with Crippen LogP contribution in [-0.4, -0.2) is 0 Å². The summed E-state index contributed by atoms with van der Waals surface area (Å²) in [5.41, 5.74) is 1.58. The predicted octanol–water partition coefficient (Wildman–Crippen LogP) is 4.61. The summed E-state index contributed by atoms with van der Waals surface area (Å²) < 4.78 is 0. The smallest absolute Gasteiger partial charge is 0.190 e. The molecule has 5 rings (SSSR count). The van der Waals surface area contributed by atoms with Crippen LogP contribution >= 0.6 is 0 Å². The van der Waals surface area contributed by atoms with Crippen molar-refractivity contribution in [3.8, 4) is 0 Å². The second-order valence-electron chi connectivity index (χ2n) is 5.87. The number of hydrogen-bond donors (Lipinski definition) is 0. The Morgan fingerprint density at radius 2 is 0.958 bits per heavy atom. The van der Waals surface area contributed by atoms with Crippen molar-refractivity contribution in [1.82, 2.24) is 4.98 Å². The van der Waals surface area contributed by atoms with Gasteiger partial charge >= 0.3 is 0 Å². The van der Waals surface area contributed by atoms with Gasteiger partial charge in [-0.1, -0.05) is 60.7 Å². The molecule has 4 aromatic carbocycles. The van der Waals surface area contributed by atoms with Gasteiger partial charge in [0.05, 0.1) is 0 Å². The van der Waals surface area contributed by atoms with E-state index in [2.05, 4.69) is 0 Å². The zero-order valence-corrected chi connectivity index (χ0v) is 15.7. The Kier molecular flexibility index (Phi) is 3.75. The van der Waals surface area contributed by atoms with Gasteiger partial charge in [-0.25, -0.2) is 0 Å². The van der Waals surface area contributed by atoms with Crippen LogP contribution < -0.4 is 10.4 Å². The summed E-state index contributed by atoms with van der Waals surface area (Å²) in [6.45, 7) is 0. The summed E-state index contributed by atoms with van der Waals surface area (Å²) in [5, 5.41) is 5.72. The third kappa shape index (κ3) is 2.30. The minimum atomic E-state index is 0. The first-order chi connectivity index (χ1) is 11.3. The fourth-order valence-corrected chi connectivity index (χ4v) is 3.28. The Balaban J connectivity index is 0.00000146. The second-order valence-corrected chi connectivity index (χ2v) is 5.87. The maximum Gasteiger partial charge on any atom is 0.190 e. The van der Waals surface area contributed by atoms with Crippen molar-refractivity contribution in [2.24, 2.45) is 0 Å². The minimum absolute atomic E-state index is 0. The number of pyridine rings is 1. The number of fused-ring (bicyclic) bond motifs is 4. The maximum absolute atomic E-state index is 12.9. The molecule has 2 nitrogen and oxygen atoms in total. The quantitative estimate of drug-likeness (QED) is 0.366. The topological polar surface area (TPSA) is 31.2 Å².